The zero-order valence-electron chi connectivity index (χ0n) is 11.5. The first kappa shape index (κ1) is 17.3. The first-order valence-electron chi connectivity index (χ1n) is 6.38. The van der Waals surface area contributed by atoms with Crippen molar-refractivity contribution in [3.63, 3.8) is 0 Å². The molecule has 7 heteroatoms. The van der Waals surface area contributed by atoms with Crippen molar-refractivity contribution in [2.75, 3.05) is 19.7 Å². The molecule has 21 heavy (non-hydrogen) atoms. The summed E-state index contributed by atoms with van der Waals surface area (Å²) in [6.07, 6.45) is -1.89. The molecule has 0 unspecified atom stereocenters. The standard InChI is InChI=1S/C14H18F3NO3/c1-3-5-11(4-2)10-21-12(19)18-8-6-13(20,7-9-18)14(15,16)17/h3-5,20H,1-2,6-10H2/b11-5+. The molecule has 0 saturated carbocycles. The zero-order valence-corrected chi connectivity index (χ0v) is 11.5. The molecular formula is C14H18F3NO3. The van der Waals surface area contributed by atoms with E-state index in [-0.39, 0.29) is 19.7 Å². The van der Waals surface area contributed by atoms with Crippen LogP contribution in [0.25, 0.3) is 0 Å². The van der Waals surface area contributed by atoms with Crippen LogP contribution in [0.15, 0.2) is 37.0 Å². The van der Waals surface area contributed by atoms with Gasteiger partial charge < -0.3 is 14.7 Å². The molecule has 1 aliphatic rings. The summed E-state index contributed by atoms with van der Waals surface area (Å²) >= 11 is 0. The van der Waals surface area contributed by atoms with E-state index in [9.17, 15) is 23.1 Å². The molecule has 0 radical (unpaired) electrons. The van der Waals surface area contributed by atoms with E-state index in [0.717, 1.165) is 4.90 Å². The number of aliphatic hydroxyl groups is 1. The Kier molecular flexibility index (Phi) is 5.60. The van der Waals surface area contributed by atoms with Gasteiger partial charge in [-0.3, -0.25) is 0 Å². The molecule has 1 amide bonds. The van der Waals surface area contributed by atoms with Crippen LogP contribution < -0.4 is 0 Å². The smallest absolute Gasteiger partial charge is 0.417 e. The normalized spacial score (nSPS) is 19.0. The number of hydrogen-bond donors (Lipinski definition) is 1. The Balaban J connectivity index is 2.51. The average Bonchev–Trinajstić information content (AvgIpc) is 2.42. The third-order valence-electron chi connectivity index (χ3n) is 3.33. The van der Waals surface area contributed by atoms with Crippen LogP contribution in [-0.4, -0.2) is 47.6 Å². The lowest BCUT2D eigenvalue weighted by Gasteiger charge is -2.38. The SMILES string of the molecule is C=C/C=C(\C=C)COC(=O)N1CCC(O)(C(F)(F)F)CC1. The second kappa shape index (κ2) is 6.80. The number of rotatable bonds is 4. The molecule has 1 heterocycles. The van der Waals surface area contributed by atoms with Gasteiger partial charge >= 0.3 is 12.3 Å². The number of amides is 1. The van der Waals surface area contributed by atoms with E-state index in [0.29, 0.717) is 5.57 Å². The maximum atomic E-state index is 12.6. The summed E-state index contributed by atoms with van der Waals surface area (Å²) in [6.45, 7) is 6.59. The van der Waals surface area contributed by atoms with E-state index >= 15 is 0 Å². The number of nitrogens with zero attached hydrogens (tertiary/aromatic N) is 1. The highest BCUT2D eigenvalue weighted by Crippen LogP contribution is 2.38. The lowest BCUT2D eigenvalue weighted by molar-refractivity contribution is -0.271. The average molecular weight is 305 g/mol. The van der Waals surface area contributed by atoms with Gasteiger partial charge in [0.15, 0.2) is 5.60 Å². The molecule has 1 N–H and O–H groups in total. The molecule has 0 aromatic carbocycles. The number of carbonyl (C=O) groups is 1. The summed E-state index contributed by atoms with van der Waals surface area (Å²) in [7, 11) is 0. The molecule has 118 valence electrons. The summed E-state index contributed by atoms with van der Waals surface area (Å²) in [6, 6.07) is 0. The van der Waals surface area contributed by atoms with Gasteiger partial charge in [0.2, 0.25) is 0 Å². The predicted octanol–water partition coefficient (Wildman–Crippen LogP) is 2.81. The fourth-order valence-electron chi connectivity index (χ4n) is 1.91. The van der Waals surface area contributed by atoms with Gasteiger partial charge in [0, 0.05) is 25.9 Å². The van der Waals surface area contributed by atoms with Crippen LogP contribution in [0.1, 0.15) is 12.8 Å². The first-order chi connectivity index (χ1) is 9.73. The van der Waals surface area contributed by atoms with Crippen molar-refractivity contribution in [1.82, 2.24) is 4.90 Å². The molecule has 0 atom stereocenters. The Morgan fingerprint density at radius 2 is 1.90 bits per heavy atom. The van der Waals surface area contributed by atoms with Crippen molar-refractivity contribution < 1.29 is 27.8 Å². The predicted molar refractivity (Wildman–Crippen MR) is 71.6 cm³/mol. The highest BCUT2D eigenvalue weighted by atomic mass is 19.4. The maximum absolute atomic E-state index is 12.6. The monoisotopic (exact) mass is 305 g/mol. The molecule has 1 fully saturated rings. The minimum Gasteiger partial charge on any atom is -0.445 e. The van der Waals surface area contributed by atoms with Gasteiger partial charge in [0.05, 0.1) is 0 Å². The third-order valence-corrected chi connectivity index (χ3v) is 3.33. The minimum absolute atomic E-state index is 0.0333. The number of allylic oxidation sites excluding steroid dienone is 2. The largest absolute Gasteiger partial charge is 0.445 e. The molecule has 0 bridgehead atoms. The summed E-state index contributed by atoms with van der Waals surface area (Å²) < 4.78 is 42.9. The summed E-state index contributed by atoms with van der Waals surface area (Å²) in [4.78, 5) is 12.9. The molecule has 0 aliphatic carbocycles. The van der Waals surface area contributed by atoms with E-state index in [2.05, 4.69) is 13.2 Å². The first-order valence-corrected chi connectivity index (χ1v) is 6.38. The lowest BCUT2D eigenvalue weighted by atomic mass is 9.91. The van der Waals surface area contributed by atoms with Crippen LogP contribution in [0.5, 0.6) is 0 Å². The Bertz CT molecular complexity index is 435. The summed E-state index contributed by atoms with van der Waals surface area (Å²) in [5.74, 6) is 0. The quantitative estimate of drug-likeness (QED) is 0.813. The van der Waals surface area contributed by atoms with Gasteiger partial charge in [0.25, 0.3) is 0 Å². The molecule has 1 rings (SSSR count). The van der Waals surface area contributed by atoms with Crippen LogP contribution in [0.4, 0.5) is 18.0 Å². The summed E-state index contributed by atoms with van der Waals surface area (Å²) in [5.41, 5.74) is -2.10. The Morgan fingerprint density at radius 3 is 2.33 bits per heavy atom. The van der Waals surface area contributed by atoms with Gasteiger partial charge in [-0.1, -0.05) is 31.4 Å². The van der Waals surface area contributed by atoms with Gasteiger partial charge in [-0.2, -0.15) is 13.2 Å². The third kappa shape index (κ3) is 4.35. The number of ether oxygens (including phenoxy) is 1. The van der Waals surface area contributed by atoms with Crippen molar-refractivity contribution >= 4 is 6.09 Å². The number of alkyl halides is 3. The molecule has 4 nitrogen and oxygen atoms in total. The number of carbonyl (C=O) groups excluding carboxylic acids is 1. The Hall–Kier alpha value is -1.76. The summed E-state index contributed by atoms with van der Waals surface area (Å²) in [5, 5.41) is 9.50. The molecule has 1 saturated heterocycles. The molecular weight excluding hydrogens is 287 g/mol. The van der Waals surface area contributed by atoms with E-state index in [1.807, 2.05) is 0 Å². The fourth-order valence-corrected chi connectivity index (χ4v) is 1.91. The Morgan fingerprint density at radius 1 is 1.33 bits per heavy atom. The fraction of sp³-hybridized carbons (Fsp3) is 0.500. The van der Waals surface area contributed by atoms with Crippen molar-refractivity contribution in [3.05, 3.63) is 37.0 Å². The van der Waals surface area contributed by atoms with Gasteiger partial charge in [-0.05, 0) is 5.57 Å². The van der Waals surface area contributed by atoms with Crippen LogP contribution in [0, 0.1) is 0 Å². The van der Waals surface area contributed by atoms with Crippen LogP contribution in [0.3, 0.4) is 0 Å². The molecule has 0 aromatic heterocycles. The minimum atomic E-state index is -4.69. The van der Waals surface area contributed by atoms with Gasteiger partial charge in [-0.25, -0.2) is 4.79 Å². The number of likely N-dealkylation sites (tertiary alicyclic amines) is 1. The molecule has 0 aromatic rings. The van der Waals surface area contributed by atoms with Crippen molar-refractivity contribution in [2.45, 2.75) is 24.6 Å². The van der Waals surface area contributed by atoms with E-state index in [1.165, 1.54) is 12.2 Å². The zero-order chi connectivity index (χ0) is 16.1. The van der Waals surface area contributed by atoms with E-state index in [4.69, 9.17) is 4.74 Å². The highest BCUT2D eigenvalue weighted by molar-refractivity contribution is 5.68. The van der Waals surface area contributed by atoms with E-state index < -0.39 is 30.7 Å². The topological polar surface area (TPSA) is 49.8 Å². The van der Waals surface area contributed by atoms with Crippen molar-refractivity contribution in [2.24, 2.45) is 0 Å². The second-order valence-electron chi connectivity index (χ2n) is 4.75. The van der Waals surface area contributed by atoms with Crippen molar-refractivity contribution in [3.8, 4) is 0 Å². The molecule has 0 spiro atoms. The lowest BCUT2D eigenvalue weighted by Crippen LogP contribution is -2.54. The highest BCUT2D eigenvalue weighted by Gasteiger charge is 2.55. The van der Waals surface area contributed by atoms with Gasteiger partial charge in [0.1, 0.15) is 6.61 Å². The number of piperidine rings is 1. The van der Waals surface area contributed by atoms with Crippen molar-refractivity contribution in [1.29, 1.82) is 0 Å². The second-order valence-corrected chi connectivity index (χ2v) is 4.75. The maximum Gasteiger partial charge on any atom is 0.417 e. The van der Waals surface area contributed by atoms with Crippen LogP contribution in [-0.2, 0) is 4.74 Å². The number of halogens is 3. The number of hydrogen-bond acceptors (Lipinski definition) is 3. The Labute approximate surface area is 121 Å². The van der Waals surface area contributed by atoms with Crippen LogP contribution in [0.2, 0.25) is 0 Å². The molecule has 1 aliphatic heterocycles. The van der Waals surface area contributed by atoms with Crippen LogP contribution >= 0.6 is 0 Å². The van der Waals surface area contributed by atoms with Gasteiger partial charge in [-0.15, -0.1) is 0 Å². The van der Waals surface area contributed by atoms with E-state index in [1.54, 1.807) is 6.08 Å².